The van der Waals surface area contributed by atoms with Gasteiger partial charge in [-0.2, -0.15) is 5.10 Å². The highest BCUT2D eigenvalue weighted by molar-refractivity contribution is 6.02. The van der Waals surface area contributed by atoms with Crippen LogP contribution in [0.5, 0.6) is 17.2 Å². The van der Waals surface area contributed by atoms with E-state index in [0.29, 0.717) is 28.7 Å². The van der Waals surface area contributed by atoms with E-state index in [9.17, 15) is 9.59 Å². The first-order valence-corrected chi connectivity index (χ1v) is 9.59. The van der Waals surface area contributed by atoms with Crippen LogP contribution < -0.4 is 24.8 Å². The molecule has 0 saturated heterocycles. The van der Waals surface area contributed by atoms with Gasteiger partial charge >= 0.3 is 0 Å². The van der Waals surface area contributed by atoms with E-state index in [1.165, 1.54) is 11.8 Å². The molecular formula is C22H22N4O5. The van der Waals surface area contributed by atoms with Crippen LogP contribution in [0.1, 0.15) is 12.5 Å². The number of hydrogen-bond donors (Lipinski definition) is 2. The minimum absolute atomic E-state index is 0.0267. The number of nitrogens with zero attached hydrogens (tertiary/aromatic N) is 2. The molecule has 160 valence electrons. The Hall–Kier alpha value is -4.01. The highest BCUT2D eigenvalue weighted by atomic mass is 16.5. The van der Waals surface area contributed by atoms with Crippen molar-refractivity contribution in [3.05, 3.63) is 48.5 Å². The summed E-state index contributed by atoms with van der Waals surface area (Å²) in [6.07, 6.45) is -0.0267. The summed E-state index contributed by atoms with van der Waals surface area (Å²) >= 11 is 0. The highest BCUT2D eigenvalue weighted by Gasteiger charge is 2.32. The standard InChI is InChI=1S/C22H22N4O5/c1-29-14-6-4-13(5-7-14)17-11-20-24-21(27)12-18(26(20)25-17)22(28)23-16-9-8-15(30-2)10-19(16)31-3/h4-11,18H,12H2,1-3H3,(H,23,28)(H,24,27). The topological polar surface area (TPSA) is 104 Å². The quantitative estimate of drug-likeness (QED) is 0.633. The molecule has 2 N–H and O–H groups in total. The predicted octanol–water partition coefficient (Wildman–Crippen LogP) is 3.10. The number of hydrogen-bond acceptors (Lipinski definition) is 6. The summed E-state index contributed by atoms with van der Waals surface area (Å²) in [4.78, 5) is 25.3. The molecule has 2 aromatic carbocycles. The van der Waals surface area contributed by atoms with Crippen LogP contribution >= 0.6 is 0 Å². The van der Waals surface area contributed by atoms with Crippen molar-refractivity contribution in [2.45, 2.75) is 12.5 Å². The molecule has 3 aromatic rings. The average Bonchev–Trinajstić information content (AvgIpc) is 3.22. The van der Waals surface area contributed by atoms with Crippen LogP contribution in [0.25, 0.3) is 11.3 Å². The Kier molecular flexibility index (Phi) is 5.48. The number of anilines is 2. The van der Waals surface area contributed by atoms with Gasteiger partial charge in [0.2, 0.25) is 11.8 Å². The van der Waals surface area contributed by atoms with Crippen molar-refractivity contribution in [2.75, 3.05) is 32.0 Å². The van der Waals surface area contributed by atoms with Crippen molar-refractivity contribution < 1.29 is 23.8 Å². The lowest BCUT2D eigenvalue weighted by molar-refractivity contribution is -0.125. The lowest BCUT2D eigenvalue weighted by Gasteiger charge is -2.24. The van der Waals surface area contributed by atoms with E-state index in [1.807, 2.05) is 24.3 Å². The third kappa shape index (κ3) is 4.02. The maximum absolute atomic E-state index is 13.1. The average molecular weight is 422 g/mol. The van der Waals surface area contributed by atoms with Gasteiger partial charge in [-0.25, -0.2) is 4.68 Å². The maximum Gasteiger partial charge on any atom is 0.249 e. The number of fused-ring (bicyclic) bond motifs is 1. The van der Waals surface area contributed by atoms with E-state index < -0.39 is 6.04 Å². The van der Waals surface area contributed by atoms with Crippen LogP contribution in [0.3, 0.4) is 0 Å². The first kappa shape index (κ1) is 20.3. The first-order chi connectivity index (χ1) is 15.0. The Bertz CT molecular complexity index is 1120. The van der Waals surface area contributed by atoms with E-state index in [4.69, 9.17) is 14.2 Å². The molecular weight excluding hydrogens is 400 g/mol. The number of ether oxygens (including phenoxy) is 3. The fraction of sp³-hybridized carbons (Fsp3) is 0.227. The molecule has 2 amide bonds. The fourth-order valence-corrected chi connectivity index (χ4v) is 3.41. The Labute approximate surface area is 178 Å². The van der Waals surface area contributed by atoms with Crippen LogP contribution in [-0.4, -0.2) is 42.9 Å². The molecule has 0 fully saturated rings. The van der Waals surface area contributed by atoms with Gasteiger partial charge in [0.15, 0.2) is 0 Å². The van der Waals surface area contributed by atoms with E-state index in [-0.39, 0.29) is 18.2 Å². The minimum Gasteiger partial charge on any atom is -0.497 e. The molecule has 0 radical (unpaired) electrons. The summed E-state index contributed by atoms with van der Waals surface area (Å²) in [6.45, 7) is 0. The second kappa shape index (κ2) is 8.39. The number of benzene rings is 2. The smallest absolute Gasteiger partial charge is 0.249 e. The van der Waals surface area contributed by atoms with E-state index in [0.717, 1.165) is 11.3 Å². The minimum atomic E-state index is -0.803. The molecule has 31 heavy (non-hydrogen) atoms. The number of methoxy groups -OCH3 is 3. The summed E-state index contributed by atoms with van der Waals surface area (Å²) in [5, 5.41) is 10.2. The van der Waals surface area contributed by atoms with Crippen LogP contribution in [0, 0.1) is 0 Å². The fourth-order valence-electron chi connectivity index (χ4n) is 3.41. The molecule has 9 heteroatoms. The molecule has 1 atom stereocenters. The second-order valence-corrected chi connectivity index (χ2v) is 6.91. The third-order valence-electron chi connectivity index (χ3n) is 5.03. The molecule has 0 saturated carbocycles. The van der Waals surface area contributed by atoms with Crippen molar-refractivity contribution >= 4 is 23.3 Å². The van der Waals surface area contributed by atoms with Crippen LogP contribution in [0.2, 0.25) is 0 Å². The van der Waals surface area contributed by atoms with E-state index in [1.54, 1.807) is 38.5 Å². The van der Waals surface area contributed by atoms with Gasteiger partial charge in [-0.3, -0.25) is 9.59 Å². The SMILES string of the molecule is COc1ccc(-c2cc3n(n2)C(C(=O)Nc2ccc(OC)cc2OC)CC(=O)N3)cc1. The zero-order valence-electron chi connectivity index (χ0n) is 17.3. The number of carbonyl (C=O) groups excluding carboxylic acids is 2. The Balaban J connectivity index is 1.62. The number of nitrogens with one attached hydrogen (secondary N) is 2. The van der Waals surface area contributed by atoms with Gasteiger partial charge in [0.1, 0.15) is 29.1 Å². The van der Waals surface area contributed by atoms with Crippen molar-refractivity contribution in [3.63, 3.8) is 0 Å². The molecule has 1 aliphatic heterocycles. The van der Waals surface area contributed by atoms with Crippen molar-refractivity contribution in [1.29, 1.82) is 0 Å². The van der Waals surface area contributed by atoms with Gasteiger partial charge in [-0.15, -0.1) is 0 Å². The molecule has 1 aromatic heterocycles. The highest BCUT2D eigenvalue weighted by Crippen LogP contribution is 2.33. The predicted molar refractivity (Wildman–Crippen MR) is 115 cm³/mol. The zero-order valence-corrected chi connectivity index (χ0v) is 17.3. The molecule has 1 unspecified atom stereocenters. The van der Waals surface area contributed by atoms with Gasteiger partial charge in [0, 0.05) is 17.7 Å². The molecule has 2 heterocycles. The maximum atomic E-state index is 13.1. The lowest BCUT2D eigenvalue weighted by Crippen LogP contribution is -2.35. The molecule has 0 spiro atoms. The molecule has 0 aliphatic carbocycles. The second-order valence-electron chi connectivity index (χ2n) is 6.91. The van der Waals surface area contributed by atoms with E-state index in [2.05, 4.69) is 15.7 Å². The van der Waals surface area contributed by atoms with Crippen molar-refractivity contribution in [3.8, 4) is 28.5 Å². The summed E-state index contributed by atoms with van der Waals surface area (Å²) in [5.41, 5.74) is 1.95. The van der Waals surface area contributed by atoms with Crippen molar-refractivity contribution in [1.82, 2.24) is 9.78 Å². The normalized spacial score (nSPS) is 14.9. The summed E-state index contributed by atoms with van der Waals surface area (Å²) < 4.78 is 17.2. The molecule has 4 rings (SSSR count). The summed E-state index contributed by atoms with van der Waals surface area (Å²) in [5.74, 6) is 1.62. The number of aromatic nitrogens is 2. The van der Waals surface area contributed by atoms with Crippen LogP contribution in [0.4, 0.5) is 11.5 Å². The van der Waals surface area contributed by atoms with Gasteiger partial charge in [-0.05, 0) is 36.4 Å². The molecule has 1 aliphatic rings. The molecule has 9 nitrogen and oxygen atoms in total. The van der Waals surface area contributed by atoms with Gasteiger partial charge < -0.3 is 24.8 Å². The Morgan fingerprint density at radius 2 is 1.74 bits per heavy atom. The number of rotatable bonds is 6. The summed E-state index contributed by atoms with van der Waals surface area (Å²) in [6, 6.07) is 13.4. The number of carbonyl (C=O) groups is 2. The summed E-state index contributed by atoms with van der Waals surface area (Å²) in [7, 11) is 4.65. The van der Waals surface area contributed by atoms with Crippen LogP contribution in [0.15, 0.2) is 48.5 Å². The van der Waals surface area contributed by atoms with Gasteiger partial charge in [0.25, 0.3) is 0 Å². The monoisotopic (exact) mass is 422 g/mol. The largest absolute Gasteiger partial charge is 0.497 e. The van der Waals surface area contributed by atoms with E-state index >= 15 is 0 Å². The van der Waals surface area contributed by atoms with Gasteiger partial charge in [-0.1, -0.05) is 0 Å². The Morgan fingerprint density at radius 1 is 1.03 bits per heavy atom. The molecule has 0 bridgehead atoms. The number of amides is 2. The Morgan fingerprint density at radius 3 is 2.42 bits per heavy atom. The third-order valence-corrected chi connectivity index (χ3v) is 5.03. The van der Waals surface area contributed by atoms with Crippen LogP contribution in [-0.2, 0) is 9.59 Å². The first-order valence-electron chi connectivity index (χ1n) is 9.59. The zero-order chi connectivity index (χ0) is 22.0. The van der Waals surface area contributed by atoms with Gasteiger partial charge in [0.05, 0.1) is 39.1 Å². The van der Waals surface area contributed by atoms with Crippen molar-refractivity contribution in [2.24, 2.45) is 0 Å². The lowest BCUT2D eigenvalue weighted by atomic mass is 10.1.